The molecule has 0 nitrogen and oxygen atoms in total. The zero-order chi connectivity index (χ0) is 4.28. The van der Waals surface area contributed by atoms with Crippen molar-refractivity contribution >= 4 is 8.25 Å². The van der Waals surface area contributed by atoms with Gasteiger partial charge in [0.15, 0.2) is 0 Å². The molecule has 2 heteroatoms. The quantitative estimate of drug-likeness (QED) is 0.641. The third-order valence-electron chi connectivity index (χ3n) is 0.228. The molecule has 0 aliphatic rings. The summed E-state index contributed by atoms with van der Waals surface area (Å²) in [5, 5.41) is 0. The van der Waals surface area contributed by atoms with E-state index in [2.05, 4.69) is 6.58 Å². The number of hydrogen-bond acceptors (Lipinski definition) is 0. The van der Waals surface area contributed by atoms with Crippen LogP contribution < -0.4 is 0 Å². The summed E-state index contributed by atoms with van der Waals surface area (Å²) in [6.07, 6.45) is 0. The molecule has 0 fully saturated rings. The fourth-order valence-corrected chi connectivity index (χ4v) is 0. The van der Waals surface area contributed by atoms with Gasteiger partial charge < -0.3 is 0 Å². The molecule has 0 saturated heterocycles. The van der Waals surface area contributed by atoms with Crippen LogP contribution in [-0.2, 0) is 23.3 Å². The Bertz CT molecular complexity index is 42.2. The van der Waals surface area contributed by atoms with Crippen molar-refractivity contribution in [3.63, 3.8) is 0 Å². The van der Waals surface area contributed by atoms with E-state index in [0.29, 0.717) is 0 Å². The molecule has 5 heavy (non-hydrogen) atoms. The van der Waals surface area contributed by atoms with E-state index in [4.69, 9.17) is 8.25 Å². The van der Waals surface area contributed by atoms with Crippen molar-refractivity contribution in [3.8, 4) is 0 Å². The fourth-order valence-electron chi connectivity index (χ4n) is 0. The van der Waals surface area contributed by atoms with Crippen molar-refractivity contribution < 1.29 is 23.3 Å². The zero-order valence-electron chi connectivity index (χ0n) is 3.29. The molecule has 0 saturated carbocycles. The standard InChI is InChI=1S/C3H5.ClH.Hg/c1-3-2;;/h1H2,2H3;1H;/q;;+1/p-1. The Hall–Kier alpha value is 0.965. The Labute approximate surface area is 48.1 Å². The molecular formula is C3H5ClHg. The van der Waals surface area contributed by atoms with Crippen molar-refractivity contribution in [2.45, 2.75) is 6.92 Å². The summed E-state index contributed by atoms with van der Waals surface area (Å²) >= 11 is -0.948. The first kappa shape index (κ1) is 5.97. The van der Waals surface area contributed by atoms with Crippen molar-refractivity contribution in [3.05, 3.63) is 9.66 Å². The molecule has 0 heterocycles. The molecule has 0 bridgehead atoms. The normalized spacial score (nSPS) is 6.00. The van der Waals surface area contributed by atoms with Crippen LogP contribution in [-0.4, -0.2) is 0 Å². The third kappa shape index (κ3) is 4.97. The number of hydrogen-bond donors (Lipinski definition) is 0. The van der Waals surface area contributed by atoms with Gasteiger partial charge >= 0.3 is 48.2 Å². The average molecular weight is 277 g/mol. The van der Waals surface area contributed by atoms with Crippen LogP contribution in [0.1, 0.15) is 6.92 Å². The molecule has 0 amide bonds. The molecule has 0 spiro atoms. The Balaban J connectivity index is 2.85. The summed E-state index contributed by atoms with van der Waals surface area (Å²) in [5.74, 6) is 0. The van der Waals surface area contributed by atoms with Gasteiger partial charge in [0.2, 0.25) is 0 Å². The van der Waals surface area contributed by atoms with Crippen LogP contribution in [0.4, 0.5) is 0 Å². The van der Waals surface area contributed by atoms with Gasteiger partial charge in [0.1, 0.15) is 0 Å². The maximum absolute atomic E-state index is 5.46. The minimum absolute atomic E-state index is 0.948. The van der Waals surface area contributed by atoms with Gasteiger partial charge in [-0.25, -0.2) is 0 Å². The van der Waals surface area contributed by atoms with Crippen LogP contribution >= 0.6 is 8.25 Å². The first-order valence-electron chi connectivity index (χ1n) is 1.47. The molecule has 0 aromatic rings. The van der Waals surface area contributed by atoms with E-state index in [-0.39, 0.29) is 0 Å². The van der Waals surface area contributed by atoms with E-state index in [9.17, 15) is 0 Å². The molecule has 0 rings (SSSR count). The monoisotopic (exact) mass is 278 g/mol. The van der Waals surface area contributed by atoms with Crippen LogP contribution in [0.15, 0.2) is 9.66 Å². The van der Waals surface area contributed by atoms with Gasteiger partial charge in [-0.15, -0.1) is 0 Å². The van der Waals surface area contributed by atoms with Gasteiger partial charge in [-0.2, -0.15) is 0 Å². The molecule has 0 N–H and O–H groups in total. The summed E-state index contributed by atoms with van der Waals surface area (Å²) in [4.78, 5) is 0. The SMILES string of the molecule is C=[C](C)[Hg][Cl]. The summed E-state index contributed by atoms with van der Waals surface area (Å²) in [7, 11) is 5.46. The Morgan fingerprint density at radius 1 is 2.00 bits per heavy atom. The van der Waals surface area contributed by atoms with Crippen LogP contribution in [0.25, 0.3) is 0 Å². The second-order valence-corrected chi connectivity index (χ2v) is 9.17. The summed E-state index contributed by atoms with van der Waals surface area (Å²) in [5.41, 5.74) is 0. The van der Waals surface area contributed by atoms with Gasteiger partial charge in [0.05, 0.1) is 0 Å². The Morgan fingerprint density at radius 3 is 2.20 bits per heavy atom. The fraction of sp³-hybridized carbons (Fsp3) is 0.333. The summed E-state index contributed by atoms with van der Waals surface area (Å²) < 4.78 is 1.24. The topological polar surface area (TPSA) is 0 Å². The van der Waals surface area contributed by atoms with E-state index in [1.807, 2.05) is 6.92 Å². The first-order chi connectivity index (χ1) is 2.27. The van der Waals surface area contributed by atoms with Crippen LogP contribution in [0.2, 0.25) is 0 Å². The summed E-state index contributed by atoms with van der Waals surface area (Å²) in [6, 6.07) is 0. The maximum atomic E-state index is 5.46. The predicted molar refractivity (Wildman–Crippen MR) is 20.7 cm³/mol. The molecule has 0 aromatic heterocycles. The van der Waals surface area contributed by atoms with Gasteiger partial charge in [-0.1, -0.05) is 0 Å². The molecule has 26 valence electrons. The van der Waals surface area contributed by atoms with E-state index in [1.54, 1.807) is 0 Å². The molecule has 0 radical (unpaired) electrons. The van der Waals surface area contributed by atoms with Crippen molar-refractivity contribution in [2.75, 3.05) is 0 Å². The predicted octanol–water partition coefficient (Wildman–Crippen LogP) is 1.76. The third-order valence-corrected chi connectivity index (χ3v) is 6.01. The van der Waals surface area contributed by atoms with Crippen LogP contribution in [0, 0.1) is 0 Å². The number of halogens is 1. The molecule has 0 aliphatic carbocycles. The second kappa shape index (κ2) is 3.17. The zero-order valence-corrected chi connectivity index (χ0v) is 9.55. The van der Waals surface area contributed by atoms with E-state index >= 15 is 0 Å². The van der Waals surface area contributed by atoms with Gasteiger partial charge in [0.25, 0.3) is 0 Å². The molecule has 0 aromatic carbocycles. The van der Waals surface area contributed by atoms with Crippen LogP contribution in [0.3, 0.4) is 0 Å². The van der Waals surface area contributed by atoms with Gasteiger partial charge in [0, 0.05) is 0 Å². The van der Waals surface area contributed by atoms with Crippen molar-refractivity contribution in [1.29, 1.82) is 0 Å². The van der Waals surface area contributed by atoms with Crippen LogP contribution in [0.5, 0.6) is 0 Å². The molecular weight excluding hydrogens is 272 g/mol. The summed E-state index contributed by atoms with van der Waals surface area (Å²) in [6.45, 7) is 5.64. The van der Waals surface area contributed by atoms with E-state index in [1.165, 1.54) is 3.08 Å². The Kier molecular flexibility index (Phi) is 3.78. The molecule has 0 aliphatic heterocycles. The van der Waals surface area contributed by atoms with Gasteiger partial charge in [-0.05, 0) is 0 Å². The number of allylic oxidation sites excluding steroid dienone is 1. The first-order valence-corrected chi connectivity index (χ1v) is 11.0. The van der Waals surface area contributed by atoms with E-state index in [0.717, 1.165) is 0 Å². The van der Waals surface area contributed by atoms with Crippen molar-refractivity contribution in [1.82, 2.24) is 0 Å². The second-order valence-electron chi connectivity index (χ2n) is 1.09. The van der Waals surface area contributed by atoms with E-state index < -0.39 is 23.3 Å². The number of rotatable bonds is 1. The Morgan fingerprint density at radius 2 is 2.20 bits per heavy atom. The van der Waals surface area contributed by atoms with Gasteiger partial charge in [-0.3, -0.25) is 0 Å². The molecule has 0 atom stereocenters. The molecule has 0 unspecified atom stereocenters. The average Bonchev–Trinajstić information content (AvgIpc) is 1.38. The minimum atomic E-state index is -0.948. The van der Waals surface area contributed by atoms with Crippen molar-refractivity contribution in [2.24, 2.45) is 0 Å².